The molecule has 1 unspecified atom stereocenters. The molecule has 0 aromatic carbocycles. The molecule has 2 heterocycles. The predicted molar refractivity (Wildman–Crippen MR) is 63.0 cm³/mol. The molecule has 0 fully saturated rings. The first-order valence-corrected chi connectivity index (χ1v) is 6.94. The molecule has 18 heavy (non-hydrogen) atoms. The predicted octanol–water partition coefficient (Wildman–Crippen LogP) is 0.214. The van der Waals surface area contributed by atoms with Crippen LogP contribution in [-0.4, -0.2) is 34.8 Å². The molecule has 0 saturated heterocycles. The zero-order valence-corrected chi connectivity index (χ0v) is 10.5. The van der Waals surface area contributed by atoms with E-state index < -0.39 is 15.1 Å². The molecule has 0 radical (unpaired) electrons. The highest BCUT2D eigenvalue weighted by Crippen LogP contribution is 2.23. The van der Waals surface area contributed by atoms with Gasteiger partial charge in [0.25, 0.3) is 5.89 Å². The lowest BCUT2D eigenvalue weighted by atomic mass is 10.4. The van der Waals surface area contributed by atoms with Crippen molar-refractivity contribution in [3.05, 3.63) is 18.2 Å². The molecular formula is C9H11N5O3S. The quantitative estimate of drug-likeness (QED) is 0.838. The van der Waals surface area contributed by atoms with Gasteiger partial charge in [-0.25, -0.2) is 18.4 Å². The Bertz CT molecular complexity index is 666. The van der Waals surface area contributed by atoms with Crippen LogP contribution in [-0.2, 0) is 9.84 Å². The van der Waals surface area contributed by atoms with Gasteiger partial charge in [0.15, 0.2) is 27.2 Å². The highest BCUT2D eigenvalue weighted by molar-refractivity contribution is 7.90. The third-order valence-corrected chi connectivity index (χ3v) is 3.87. The summed E-state index contributed by atoms with van der Waals surface area (Å²) in [5, 5.41) is 2.76. The lowest BCUT2D eigenvalue weighted by Crippen LogP contribution is -2.09. The number of rotatable bonds is 3. The highest BCUT2D eigenvalue weighted by Gasteiger charge is 2.24. The Morgan fingerprint density at radius 2 is 2.00 bits per heavy atom. The Hall–Kier alpha value is -2.03. The fourth-order valence-corrected chi connectivity index (χ4v) is 1.68. The normalized spacial score (nSPS) is 13.4. The lowest BCUT2D eigenvalue weighted by Gasteiger charge is -2.01. The second-order valence-corrected chi connectivity index (χ2v) is 6.09. The van der Waals surface area contributed by atoms with E-state index in [0.29, 0.717) is 0 Å². The molecule has 2 aromatic rings. The molecule has 0 aliphatic rings. The van der Waals surface area contributed by atoms with Crippen LogP contribution in [0.5, 0.6) is 0 Å². The van der Waals surface area contributed by atoms with Crippen LogP contribution in [0.25, 0.3) is 11.6 Å². The van der Waals surface area contributed by atoms with Gasteiger partial charge in [-0.3, -0.25) is 0 Å². The van der Waals surface area contributed by atoms with E-state index in [-0.39, 0.29) is 23.2 Å². The molecule has 96 valence electrons. The minimum Gasteiger partial charge on any atom is -0.382 e. The van der Waals surface area contributed by atoms with Crippen LogP contribution >= 0.6 is 0 Å². The van der Waals surface area contributed by atoms with E-state index in [1.807, 2.05) is 0 Å². The van der Waals surface area contributed by atoms with E-state index in [1.54, 1.807) is 0 Å². The summed E-state index contributed by atoms with van der Waals surface area (Å²) in [5.74, 6) is 0.253. The van der Waals surface area contributed by atoms with Crippen LogP contribution in [0.4, 0.5) is 5.82 Å². The van der Waals surface area contributed by atoms with E-state index >= 15 is 0 Å². The van der Waals surface area contributed by atoms with E-state index in [2.05, 4.69) is 20.1 Å². The number of hydrogen-bond acceptors (Lipinski definition) is 8. The third kappa shape index (κ3) is 2.30. The van der Waals surface area contributed by atoms with Crippen LogP contribution < -0.4 is 5.73 Å². The molecule has 2 rings (SSSR count). The number of nitrogen functional groups attached to an aromatic ring is 1. The van der Waals surface area contributed by atoms with Gasteiger partial charge in [0, 0.05) is 18.6 Å². The summed E-state index contributed by atoms with van der Waals surface area (Å²) in [6.07, 6.45) is 3.95. The van der Waals surface area contributed by atoms with Crippen LogP contribution in [0.3, 0.4) is 0 Å². The summed E-state index contributed by atoms with van der Waals surface area (Å²) < 4.78 is 27.7. The molecule has 1 atom stereocenters. The number of aromatic nitrogens is 4. The molecule has 0 amide bonds. The number of sulfone groups is 1. The summed E-state index contributed by atoms with van der Waals surface area (Å²) in [5.41, 5.74) is 5.84. The summed E-state index contributed by atoms with van der Waals surface area (Å²) in [4.78, 5) is 11.7. The van der Waals surface area contributed by atoms with E-state index in [0.717, 1.165) is 6.26 Å². The highest BCUT2D eigenvalue weighted by atomic mass is 32.2. The second kappa shape index (κ2) is 4.33. The monoisotopic (exact) mass is 269 g/mol. The van der Waals surface area contributed by atoms with Gasteiger partial charge in [-0.2, -0.15) is 4.98 Å². The van der Waals surface area contributed by atoms with Gasteiger partial charge in [0.2, 0.25) is 0 Å². The van der Waals surface area contributed by atoms with E-state index in [9.17, 15) is 8.42 Å². The van der Waals surface area contributed by atoms with Gasteiger partial charge in [-0.05, 0) is 6.92 Å². The Kier molecular flexibility index (Phi) is 2.99. The van der Waals surface area contributed by atoms with Crippen molar-refractivity contribution < 1.29 is 12.9 Å². The summed E-state index contributed by atoms with van der Waals surface area (Å²) >= 11 is 0. The van der Waals surface area contributed by atoms with Crippen molar-refractivity contribution in [2.24, 2.45) is 0 Å². The smallest absolute Gasteiger partial charge is 0.280 e. The fraction of sp³-hybridized carbons (Fsp3) is 0.333. The maximum absolute atomic E-state index is 11.4. The van der Waals surface area contributed by atoms with Crippen molar-refractivity contribution in [2.45, 2.75) is 12.2 Å². The molecule has 2 N–H and O–H groups in total. The zero-order valence-electron chi connectivity index (χ0n) is 9.73. The summed E-state index contributed by atoms with van der Waals surface area (Å²) in [6, 6.07) is 0. The van der Waals surface area contributed by atoms with Crippen LogP contribution in [0, 0.1) is 0 Å². The largest absolute Gasteiger partial charge is 0.382 e. The van der Waals surface area contributed by atoms with Gasteiger partial charge < -0.3 is 10.3 Å². The zero-order chi connectivity index (χ0) is 13.3. The first-order chi connectivity index (χ1) is 8.39. The van der Waals surface area contributed by atoms with Gasteiger partial charge in [0.05, 0.1) is 0 Å². The molecular weight excluding hydrogens is 258 g/mol. The summed E-state index contributed by atoms with van der Waals surface area (Å²) in [6.45, 7) is 1.48. The maximum atomic E-state index is 11.4. The van der Waals surface area contributed by atoms with E-state index in [1.165, 1.54) is 19.3 Å². The van der Waals surface area contributed by atoms with Gasteiger partial charge >= 0.3 is 0 Å². The minimum absolute atomic E-state index is 0.0473. The number of anilines is 1. The van der Waals surface area contributed by atoms with Gasteiger partial charge in [-0.15, -0.1) is 0 Å². The van der Waals surface area contributed by atoms with Crippen molar-refractivity contribution in [3.63, 3.8) is 0 Å². The Morgan fingerprint density at radius 3 is 2.61 bits per heavy atom. The Morgan fingerprint density at radius 1 is 1.33 bits per heavy atom. The molecule has 0 aliphatic heterocycles. The second-order valence-electron chi connectivity index (χ2n) is 3.72. The Balaban J connectivity index is 2.41. The topological polar surface area (TPSA) is 125 Å². The molecule has 0 aliphatic carbocycles. The van der Waals surface area contributed by atoms with Crippen molar-refractivity contribution in [1.29, 1.82) is 0 Å². The lowest BCUT2D eigenvalue weighted by molar-refractivity contribution is 0.420. The van der Waals surface area contributed by atoms with Crippen molar-refractivity contribution in [3.8, 4) is 11.6 Å². The average Bonchev–Trinajstić information content (AvgIpc) is 2.76. The van der Waals surface area contributed by atoms with Gasteiger partial charge in [0.1, 0.15) is 5.25 Å². The molecule has 2 aromatic heterocycles. The Labute approximate surface area is 103 Å². The third-order valence-electron chi connectivity index (χ3n) is 2.38. The fourth-order valence-electron chi connectivity index (χ4n) is 1.20. The van der Waals surface area contributed by atoms with E-state index in [4.69, 9.17) is 10.3 Å². The first-order valence-electron chi connectivity index (χ1n) is 4.99. The molecule has 8 nitrogen and oxygen atoms in total. The van der Waals surface area contributed by atoms with Crippen molar-refractivity contribution in [2.75, 3.05) is 12.0 Å². The number of hydrogen-bond donors (Lipinski definition) is 1. The maximum Gasteiger partial charge on any atom is 0.280 e. The molecule has 0 saturated carbocycles. The number of nitrogens with zero attached hydrogens (tertiary/aromatic N) is 4. The van der Waals surface area contributed by atoms with Crippen molar-refractivity contribution >= 4 is 15.7 Å². The minimum atomic E-state index is -3.29. The number of nitrogens with two attached hydrogens (primary N) is 1. The van der Waals surface area contributed by atoms with Crippen molar-refractivity contribution in [1.82, 2.24) is 20.1 Å². The molecule has 0 bridgehead atoms. The van der Waals surface area contributed by atoms with Crippen LogP contribution in [0.15, 0.2) is 16.9 Å². The average molecular weight is 269 g/mol. The molecule has 0 spiro atoms. The van der Waals surface area contributed by atoms with Gasteiger partial charge in [-0.1, -0.05) is 5.16 Å². The van der Waals surface area contributed by atoms with Crippen LogP contribution in [0.1, 0.15) is 18.0 Å². The summed E-state index contributed by atoms with van der Waals surface area (Å²) in [7, 11) is -3.29. The van der Waals surface area contributed by atoms with Crippen LogP contribution in [0.2, 0.25) is 0 Å². The molecule has 9 heteroatoms. The standard InChI is InChI=1S/C9H11N5O3S/c1-5(18(2,15)16)8-13-9(17-14-8)6-7(10)12-4-3-11-6/h3-5H,1-2H3,(H2,10,12). The first kappa shape index (κ1) is 12.4. The SMILES string of the molecule is CC(c1noc(-c2nccnc2N)n1)S(C)(=O)=O.